The van der Waals surface area contributed by atoms with Crippen LogP contribution in [0.15, 0.2) is 71.3 Å². The van der Waals surface area contributed by atoms with Gasteiger partial charge in [0.2, 0.25) is 0 Å². The summed E-state index contributed by atoms with van der Waals surface area (Å²) in [6, 6.07) is 15.9. The summed E-state index contributed by atoms with van der Waals surface area (Å²) >= 11 is 6.01. The molecule has 0 bridgehead atoms. The Morgan fingerprint density at radius 2 is 1.74 bits per heavy atom. The summed E-state index contributed by atoms with van der Waals surface area (Å²) in [4.78, 5) is 48.4. The number of carbonyl (C=O) groups excluding carboxylic acids is 4. The molecule has 0 aliphatic heterocycles. The van der Waals surface area contributed by atoms with Crippen LogP contribution in [0.3, 0.4) is 0 Å². The average Bonchev–Trinajstić information content (AvgIpc) is 3.32. The molecule has 1 aromatic heterocycles. The van der Waals surface area contributed by atoms with Crippen LogP contribution in [0.5, 0.6) is 0 Å². The smallest absolute Gasteiger partial charge is 0.325 e. The van der Waals surface area contributed by atoms with Gasteiger partial charge in [-0.3, -0.25) is 19.2 Å². The quantitative estimate of drug-likeness (QED) is 0.411. The molecule has 0 unspecified atom stereocenters. The van der Waals surface area contributed by atoms with Gasteiger partial charge in [0.25, 0.3) is 11.8 Å². The molecular formula is C22H17ClN2O6. The molecule has 3 rings (SSSR count). The SMILES string of the molecule is O=C(COC(=O)CNC(=O)c1ccco1)Nc1ccc(Cl)cc1C(=O)c1ccccc1. The maximum Gasteiger partial charge on any atom is 0.325 e. The monoisotopic (exact) mass is 440 g/mol. The second-order valence-electron chi connectivity index (χ2n) is 6.25. The molecule has 2 aromatic carbocycles. The van der Waals surface area contributed by atoms with Gasteiger partial charge in [0, 0.05) is 16.1 Å². The second kappa shape index (κ2) is 10.2. The van der Waals surface area contributed by atoms with Crippen molar-refractivity contribution in [1.82, 2.24) is 5.32 Å². The number of carbonyl (C=O) groups is 4. The topological polar surface area (TPSA) is 115 Å². The fourth-order valence-corrected chi connectivity index (χ4v) is 2.76. The molecule has 0 spiro atoms. The summed E-state index contributed by atoms with van der Waals surface area (Å²) in [6.07, 6.45) is 1.32. The number of ketones is 1. The molecule has 0 atom stereocenters. The lowest BCUT2D eigenvalue weighted by atomic mass is 10.0. The van der Waals surface area contributed by atoms with Gasteiger partial charge in [0.15, 0.2) is 18.2 Å². The first kappa shape index (κ1) is 21.8. The molecule has 158 valence electrons. The highest BCUT2D eigenvalue weighted by molar-refractivity contribution is 6.31. The Morgan fingerprint density at radius 3 is 2.45 bits per heavy atom. The number of benzene rings is 2. The standard InChI is InChI=1S/C22H17ClN2O6/c23-15-8-9-17(16(11-15)21(28)14-5-2-1-3-6-14)25-19(26)13-31-20(27)12-24-22(29)18-7-4-10-30-18/h1-11H,12-13H2,(H,24,29)(H,25,26). The van der Waals surface area contributed by atoms with Crippen molar-refractivity contribution >= 4 is 40.9 Å². The molecule has 8 nitrogen and oxygen atoms in total. The van der Waals surface area contributed by atoms with Crippen molar-refractivity contribution in [3.63, 3.8) is 0 Å². The van der Waals surface area contributed by atoms with E-state index in [4.69, 9.17) is 20.8 Å². The summed E-state index contributed by atoms with van der Waals surface area (Å²) in [6.45, 7) is -1.04. The van der Waals surface area contributed by atoms with Crippen molar-refractivity contribution in [2.45, 2.75) is 0 Å². The zero-order valence-corrected chi connectivity index (χ0v) is 16.8. The summed E-state index contributed by atoms with van der Waals surface area (Å²) in [5.41, 5.74) is 0.855. The number of rotatable bonds is 8. The molecule has 0 saturated heterocycles. The van der Waals surface area contributed by atoms with Gasteiger partial charge in [-0.25, -0.2) is 0 Å². The first-order valence-electron chi connectivity index (χ1n) is 9.10. The van der Waals surface area contributed by atoms with E-state index in [9.17, 15) is 19.2 Å². The van der Waals surface area contributed by atoms with Crippen molar-refractivity contribution in [2.24, 2.45) is 0 Å². The number of hydrogen-bond donors (Lipinski definition) is 2. The largest absolute Gasteiger partial charge is 0.459 e. The number of halogens is 1. The van der Waals surface area contributed by atoms with Gasteiger partial charge in [-0.2, -0.15) is 0 Å². The van der Waals surface area contributed by atoms with Crippen LogP contribution in [0.25, 0.3) is 0 Å². The molecule has 3 aromatic rings. The molecule has 0 saturated carbocycles. The zero-order chi connectivity index (χ0) is 22.2. The number of anilines is 1. The Balaban J connectivity index is 1.56. The Kier molecular flexibility index (Phi) is 7.18. The highest BCUT2D eigenvalue weighted by atomic mass is 35.5. The lowest BCUT2D eigenvalue weighted by Crippen LogP contribution is -2.32. The third kappa shape index (κ3) is 6.03. The van der Waals surface area contributed by atoms with Crippen LogP contribution in [0, 0.1) is 0 Å². The highest BCUT2D eigenvalue weighted by Gasteiger charge is 2.17. The molecule has 31 heavy (non-hydrogen) atoms. The van der Waals surface area contributed by atoms with Crippen molar-refractivity contribution in [1.29, 1.82) is 0 Å². The molecule has 0 radical (unpaired) electrons. The van der Waals surface area contributed by atoms with Gasteiger partial charge < -0.3 is 19.8 Å². The molecule has 9 heteroatoms. The summed E-state index contributed by atoms with van der Waals surface area (Å²) in [5, 5.41) is 5.17. The first-order valence-corrected chi connectivity index (χ1v) is 9.48. The molecule has 2 N–H and O–H groups in total. The lowest BCUT2D eigenvalue weighted by Gasteiger charge is -2.11. The van der Waals surface area contributed by atoms with Gasteiger partial charge in [-0.15, -0.1) is 0 Å². The van der Waals surface area contributed by atoms with Gasteiger partial charge in [0.05, 0.1) is 12.0 Å². The molecule has 0 aliphatic rings. The number of amides is 2. The summed E-state index contributed by atoms with van der Waals surface area (Å²) < 4.78 is 9.74. The van der Waals surface area contributed by atoms with Crippen LogP contribution in [-0.2, 0) is 14.3 Å². The predicted octanol–water partition coefficient (Wildman–Crippen LogP) is 3.08. The molecular weight excluding hydrogens is 424 g/mol. The van der Waals surface area contributed by atoms with Crippen LogP contribution in [0.2, 0.25) is 5.02 Å². The van der Waals surface area contributed by atoms with Gasteiger partial charge in [-0.05, 0) is 30.3 Å². The average molecular weight is 441 g/mol. The predicted molar refractivity (Wildman–Crippen MR) is 112 cm³/mol. The number of ether oxygens (including phenoxy) is 1. The van der Waals surface area contributed by atoms with Gasteiger partial charge in [-0.1, -0.05) is 41.9 Å². The minimum Gasteiger partial charge on any atom is -0.459 e. The second-order valence-corrected chi connectivity index (χ2v) is 6.69. The van der Waals surface area contributed by atoms with E-state index >= 15 is 0 Å². The fourth-order valence-electron chi connectivity index (χ4n) is 2.59. The van der Waals surface area contributed by atoms with Gasteiger partial charge in [0.1, 0.15) is 6.54 Å². The number of nitrogens with one attached hydrogen (secondary N) is 2. The zero-order valence-electron chi connectivity index (χ0n) is 16.1. The van der Waals surface area contributed by atoms with Crippen LogP contribution in [0.4, 0.5) is 5.69 Å². The van der Waals surface area contributed by atoms with E-state index in [2.05, 4.69) is 10.6 Å². The first-order chi connectivity index (χ1) is 14.9. The highest BCUT2D eigenvalue weighted by Crippen LogP contribution is 2.23. The van der Waals surface area contributed by atoms with Gasteiger partial charge >= 0.3 is 5.97 Å². The number of hydrogen-bond acceptors (Lipinski definition) is 6. The van der Waals surface area contributed by atoms with E-state index in [0.717, 1.165) is 0 Å². The lowest BCUT2D eigenvalue weighted by molar-refractivity contribution is -0.146. The van der Waals surface area contributed by atoms with E-state index < -0.39 is 30.9 Å². The Bertz CT molecular complexity index is 1100. The Labute approximate surface area is 182 Å². The van der Waals surface area contributed by atoms with Crippen LogP contribution >= 0.6 is 11.6 Å². The summed E-state index contributed by atoms with van der Waals surface area (Å²) in [7, 11) is 0. The number of furan rings is 1. The molecule has 1 heterocycles. The minimum atomic E-state index is -0.813. The van der Waals surface area contributed by atoms with E-state index in [1.54, 1.807) is 30.3 Å². The van der Waals surface area contributed by atoms with E-state index in [0.29, 0.717) is 10.6 Å². The maximum atomic E-state index is 12.8. The van der Waals surface area contributed by atoms with Crippen LogP contribution < -0.4 is 10.6 Å². The van der Waals surface area contributed by atoms with E-state index in [-0.39, 0.29) is 22.8 Å². The van der Waals surface area contributed by atoms with E-state index in [1.807, 2.05) is 0 Å². The van der Waals surface area contributed by atoms with Crippen LogP contribution in [-0.4, -0.2) is 36.7 Å². The fraction of sp³-hybridized carbons (Fsp3) is 0.0909. The third-order valence-electron chi connectivity index (χ3n) is 4.04. The van der Waals surface area contributed by atoms with Crippen molar-refractivity contribution in [2.75, 3.05) is 18.5 Å². The molecule has 2 amide bonds. The van der Waals surface area contributed by atoms with Crippen LogP contribution in [0.1, 0.15) is 26.5 Å². The Morgan fingerprint density at radius 1 is 0.968 bits per heavy atom. The van der Waals surface area contributed by atoms with Crippen molar-refractivity contribution in [3.05, 3.63) is 88.8 Å². The molecule has 0 aliphatic carbocycles. The normalized spacial score (nSPS) is 10.2. The maximum absolute atomic E-state index is 12.8. The van der Waals surface area contributed by atoms with E-state index in [1.165, 1.54) is 36.6 Å². The summed E-state index contributed by atoms with van der Waals surface area (Å²) in [5.74, 6) is -2.33. The van der Waals surface area contributed by atoms with Crippen molar-refractivity contribution < 1.29 is 28.3 Å². The molecule has 0 fully saturated rings. The minimum absolute atomic E-state index is 0.0453. The van der Waals surface area contributed by atoms with Crippen molar-refractivity contribution in [3.8, 4) is 0 Å². The number of esters is 1. The Hall–Kier alpha value is -3.91. The third-order valence-corrected chi connectivity index (χ3v) is 4.27.